The topological polar surface area (TPSA) is 66.6 Å². The van der Waals surface area contributed by atoms with Gasteiger partial charge in [0.15, 0.2) is 0 Å². The van der Waals surface area contributed by atoms with Crippen molar-refractivity contribution in [3.8, 4) is 0 Å². The number of nitrogens with zero attached hydrogens (tertiary/aromatic N) is 1. The Kier molecular flexibility index (Phi) is 4.02. The lowest BCUT2D eigenvalue weighted by Gasteiger charge is -2.35. The number of rotatable bonds is 1. The predicted octanol–water partition coefficient (Wildman–Crippen LogP) is 3.39. The maximum absolute atomic E-state index is 12.7. The normalized spacial score (nSPS) is 23.1. The lowest BCUT2D eigenvalue weighted by atomic mass is 9.85. The van der Waals surface area contributed by atoms with Gasteiger partial charge in [0.2, 0.25) is 0 Å². The van der Waals surface area contributed by atoms with Crippen molar-refractivity contribution in [2.45, 2.75) is 25.4 Å². The van der Waals surface area contributed by atoms with Gasteiger partial charge in [-0.25, -0.2) is 4.79 Å². The molecular weight excluding hydrogens is 285 g/mol. The highest BCUT2D eigenvalue weighted by Crippen LogP contribution is 2.37. The average molecular weight is 302 g/mol. The number of carboxylic acid groups (broad SMARTS) is 1. The van der Waals surface area contributed by atoms with Crippen molar-refractivity contribution < 1.29 is 23.1 Å². The third-order valence-electron chi connectivity index (χ3n) is 3.78. The maximum atomic E-state index is 12.7. The summed E-state index contributed by atoms with van der Waals surface area (Å²) in [5.74, 6) is 0.0257. The van der Waals surface area contributed by atoms with E-state index in [9.17, 15) is 18.0 Å². The summed E-state index contributed by atoms with van der Waals surface area (Å²) in [7, 11) is 0. The second-order valence-corrected chi connectivity index (χ2v) is 5.57. The molecule has 116 valence electrons. The Morgan fingerprint density at radius 3 is 2.57 bits per heavy atom. The lowest BCUT2D eigenvalue weighted by Crippen LogP contribution is -2.41. The smallest absolute Gasteiger partial charge is 0.418 e. The number of benzene rings is 1. The van der Waals surface area contributed by atoms with E-state index >= 15 is 0 Å². The minimum atomic E-state index is -4.48. The number of anilines is 1. The van der Waals surface area contributed by atoms with Gasteiger partial charge in [0.25, 0.3) is 0 Å². The van der Waals surface area contributed by atoms with Crippen molar-refractivity contribution in [2.24, 2.45) is 5.92 Å². The number of hydrogen-bond acceptors (Lipinski definition) is 2. The van der Waals surface area contributed by atoms with Crippen LogP contribution in [0.4, 0.5) is 23.7 Å². The molecule has 2 atom stereocenters. The molecule has 2 rings (SSSR count). The molecule has 0 radical (unpaired) electrons. The minimum absolute atomic E-state index is 0.130. The van der Waals surface area contributed by atoms with Crippen molar-refractivity contribution in [1.82, 2.24) is 4.90 Å². The lowest BCUT2D eigenvalue weighted by molar-refractivity contribution is -0.136. The molecule has 4 nitrogen and oxygen atoms in total. The van der Waals surface area contributed by atoms with Crippen LogP contribution in [-0.4, -0.2) is 29.2 Å². The SMILES string of the molecule is CC1CC(c2ccc(C(F)(F)F)c(N)c2)CN(C(=O)O)C1. The van der Waals surface area contributed by atoms with Gasteiger partial charge in [-0.1, -0.05) is 13.0 Å². The van der Waals surface area contributed by atoms with Gasteiger partial charge in [0.1, 0.15) is 0 Å². The van der Waals surface area contributed by atoms with Gasteiger partial charge in [-0.2, -0.15) is 13.2 Å². The van der Waals surface area contributed by atoms with Gasteiger partial charge < -0.3 is 15.7 Å². The number of piperidine rings is 1. The number of nitrogens with two attached hydrogens (primary N) is 1. The van der Waals surface area contributed by atoms with Crippen LogP contribution in [0.2, 0.25) is 0 Å². The monoisotopic (exact) mass is 302 g/mol. The zero-order valence-electron chi connectivity index (χ0n) is 11.5. The first-order chi connectivity index (χ1) is 9.68. The van der Waals surface area contributed by atoms with Gasteiger partial charge in [-0.3, -0.25) is 0 Å². The Morgan fingerprint density at radius 1 is 1.38 bits per heavy atom. The van der Waals surface area contributed by atoms with Crippen molar-refractivity contribution in [3.05, 3.63) is 29.3 Å². The molecule has 1 aliphatic heterocycles. The van der Waals surface area contributed by atoms with Gasteiger partial charge in [0.05, 0.1) is 5.56 Å². The Morgan fingerprint density at radius 2 is 2.05 bits per heavy atom. The zero-order valence-corrected chi connectivity index (χ0v) is 11.5. The first kappa shape index (κ1) is 15.5. The second-order valence-electron chi connectivity index (χ2n) is 5.57. The number of halogens is 3. The molecule has 0 aliphatic carbocycles. The summed E-state index contributed by atoms with van der Waals surface area (Å²) < 4.78 is 38.1. The fourth-order valence-electron chi connectivity index (χ4n) is 2.84. The number of likely N-dealkylation sites (tertiary alicyclic amines) is 1. The fraction of sp³-hybridized carbons (Fsp3) is 0.500. The van der Waals surface area contributed by atoms with E-state index in [0.717, 1.165) is 12.5 Å². The third kappa shape index (κ3) is 3.40. The summed E-state index contributed by atoms with van der Waals surface area (Å²) in [5, 5.41) is 9.08. The van der Waals surface area contributed by atoms with E-state index in [2.05, 4.69) is 0 Å². The largest absolute Gasteiger partial charge is 0.465 e. The fourth-order valence-corrected chi connectivity index (χ4v) is 2.84. The van der Waals surface area contributed by atoms with E-state index in [-0.39, 0.29) is 24.1 Å². The van der Waals surface area contributed by atoms with E-state index in [1.807, 2.05) is 6.92 Å². The van der Waals surface area contributed by atoms with Gasteiger partial charge in [0, 0.05) is 24.7 Å². The van der Waals surface area contributed by atoms with E-state index in [1.165, 1.54) is 17.0 Å². The number of hydrogen-bond donors (Lipinski definition) is 2. The van der Waals surface area contributed by atoms with Gasteiger partial charge in [-0.05, 0) is 30.0 Å². The molecule has 2 unspecified atom stereocenters. The summed E-state index contributed by atoms with van der Waals surface area (Å²) in [5.41, 5.74) is 4.97. The molecule has 21 heavy (non-hydrogen) atoms. The van der Waals surface area contributed by atoms with E-state index in [0.29, 0.717) is 12.1 Å². The summed E-state index contributed by atoms with van der Waals surface area (Å²) in [6, 6.07) is 3.67. The van der Waals surface area contributed by atoms with Crippen molar-refractivity contribution >= 4 is 11.8 Å². The second kappa shape index (κ2) is 5.46. The summed E-state index contributed by atoms with van der Waals surface area (Å²) in [6.45, 7) is 2.65. The molecule has 3 N–H and O–H groups in total. The molecule has 1 heterocycles. The predicted molar refractivity (Wildman–Crippen MR) is 72.0 cm³/mol. The number of amides is 1. The van der Waals surface area contributed by atoms with Crippen LogP contribution in [0, 0.1) is 5.92 Å². The molecule has 0 bridgehead atoms. The van der Waals surface area contributed by atoms with Crippen LogP contribution in [-0.2, 0) is 6.18 Å². The van der Waals surface area contributed by atoms with Crippen LogP contribution in [0.15, 0.2) is 18.2 Å². The molecule has 1 fully saturated rings. The highest BCUT2D eigenvalue weighted by atomic mass is 19.4. The van der Waals surface area contributed by atoms with Crippen molar-refractivity contribution in [1.29, 1.82) is 0 Å². The van der Waals surface area contributed by atoms with Crippen LogP contribution >= 0.6 is 0 Å². The molecule has 1 amide bonds. The Balaban J connectivity index is 2.25. The molecule has 0 spiro atoms. The average Bonchev–Trinajstić information content (AvgIpc) is 2.36. The van der Waals surface area contributed by atoms with E-state index < -0.39 is 17.8 Å². The highest BCUT2D eigenvalue weighted by molar-refractivity contribution is 5.65. The Bertz CT molecular complexity index is 546. The number of nitrogen functional groups attached to an aromatic ring is 1. The highest BCUT2D eigenvalue weighted by Gasteiger charge is 2.34. The van der Waals surface area contributed by atoms with Crippen LogP contribution in [0.25, 0.3) is 0 Å². The first-order valence-corrected chi connectivity index (χ1v) is 6.63. The van der Waals surface area contributed by atoms with Crippen LogP contribution < -0.4 is 5.73 Å². The molecule has 7 heteroatoms. The quantitative estimate of drug-likeness (QED) is 0.781. The molecule has 0 aromatic heterocycles. The number of alkyl halides is 3. The van der Waals surface area contributed by atoms with Crippen LogP contribution in [0.3, 0.4) is 0 Å². The maximum Gasteiger partial charge on any atom is 0.418 e. The van der Waals surface area contributed by atoms with E-state index in [4.69, 9.17) is 10.8 Å². The first-order valence-electron chi connectivity index (χ1n) is 6.63. The molecule has 1 aliphatic rings. The van der Waals surface area contributed by atoms with Gasteiger partial charge in [-0.15, -0.1) is 0 Å². The standard InChI is InChI=1S/C14H17F3N2O2/c1-8-4-10(7-19(6-8)13(20)21)9-2-3-11(12(18)5-9)14(15,16)17/h2-3,5,8,10H,4,6-7,18H2,1H3,(H,20,21). The molecule has 1 saturated heterocycles. The number of carbonyl (C=O) groups is 1. The molecule has 0 saturated carbocycles. The van der Waals surface area contributed by atoms with Gasteiger partial charge >= 0.3 is 12.3 Å². The van der Waals surface area contributed by atoms with Crippen LogP contribution in [0.1, 0.15) is 30.4 Å². The van der Waals surface area contributed by atoms with Crippen LogP contribution in [0.5, 0.6) is 0 Å². The van der Waals surface area contributed by atoms with E-state index in [1.54, 1.807) is 0 Å². The molecular formula is C14H17F3N2O2. The Hall–Kier alpha value is -1.92. The molecule has 1 aromatic rings. The van der Waals surface area contributed by atoms with Crippen molar-refractivity contribution in [2.75, 3.05) is 18.8 Å². The summed E-state index contributed by atoms with van der Waals surface area (Å²) >= 11 is 0. The zero-order chi connectivity index (χ0) is 15.8. The molecule has 1 aromatic carbocycles. The minimum Gasteiger partial charge on any atom is -0.465 e. The summed E-state index contributed by atoms with van der Waals surface area (Å²) in [6.07, 6.45) is -4.75. The summed E-state index contributed by atoms with van der Waals surface area (Å²) in [4.78, 5) is 12.4. The van der Waals surface area contributed by atoms with Crippen molar-refractivity contribution in [3.63, 3.8) is 0 Å². The third-order valence-corrected chi connectivity index (χ3v) is 3.78. The Labute approximate surface area is 120 Å².